The molecule has 1 aliphatic rings. The van der Waals surface area contributed by atoms with Crippen molar-refractivity contribution in [1.29, 1.82) is 0 Å². The summed E-state index contributed by atoms with van der Waals surface area (Å²) in [6.45, 7) is 4.14. The van der Waals surface area contributed by atoms with E-state index < -0.39 is 23.2 Å². The molecule has 0 atom stereocenters. The van der Waals surface area contributed by atoms with Crippen LogP contribution in [0.5, 0.6) is 0 Å². The fourth-order valence-corrected chi connectivity index (χ4v) is 2.67. The molecule has 7 heteroatoms. The number of pyridine rings is 1. The van der Waals surface area contributed by atoms with Crippen molar-refractivity contribution in [3.63, 3.8) is 0 Å². The highest BCUT2D eigenvalue weighted by Gasteiger charge is 2.28. The van der Waals surface area contributed by atoms with Crippen LogP contribution in [0.15, 0.2) is 23.1 Å². The van der Waals surface area contributed by atoms with Crippen LogP contribution in [0.3, 0.4) is 0 Å². The van der Waals surface area contributed by atoms with Gasteiger partial charge in [0.05, 0.1) is 23.3 Å². The van der Waals surface area contributed by atoms with E-state index in [1.165, 1.54) is 18.3 Å². The predicted octanol–water partition coefficient (Wildman–Crippen LogP) is 1.08. The van der Waals surface area contributed by atoms with Gasteiger partial charge in [-0.2, -0.15) is 0 Å². The quantitative estimate of drug-likeness (QED) is 0.676. The fraction of sp³-hybridized carbons (Fsp3) is 0.250. The Morgan fingerprint density at radius 3 is 2.39 bits per heavy atom. The number of aromatic nitrogens is 1. The molecule has 0 saturated heterocycles. The van der Waals surface area contributed by atoms with Crippen LogP contribution in [0.25, 0.3) is 10.9 Å². The first-order valence-corrected chi connectivity index (χ1v) is 7.21. The van der Waals surface area contributed by atoms with Gasteiger partial charge in [0.1, 0.15) is 5.56 Å². The lowest BCUT2D eigenvalue weighted by atomic mass is 10.0. The predicted molar refractivity (Wildman–Crippen MR) is 81.6 cm³/mol. The van der Waals surface area contributed by atoms with Crippen LogP contribution >= 0.6 is 0 Å². The van der Waals surface area contributed by atoms with Crippen molar-refractivity contribution in [2.45, 2.75) is 20.4 Å². The highest BCUT2D eigenvalue weighted by Crippen LogP contribution is 2.22. The number of esters is 1. The Bertz CT molecular complexity index is 926. The summed E-state index contributed by atoms with van der Waals surface area (Å²) in [5.41, 5.74) is 0.259. The van der Waals surface area contributed by atoms with E-state index in [1.807, 2.05) is 6.92 Å². The molecule has 1 aromatic carbocycles. The highest BCUT2D eigenvalue weighted by molar-refractivity contribution is 6.23. The van der Waals surface area contributed by atoms with Crippen molar-refractivity contribution in [2.24, 2.45) is 0 Å². The molecular formula is C16H14N2O5. The number of rotatable bonds is 3. The van der Waals surface area contributed by atoms with Crippen molar-refractivity contribution in [3.8, 4) is 0 Å². The zero-order chi connectivity index (χ0) is 16.7. The van der Waals surface area contributed by atoms with Gasteiger partial charge in [-0.1, -0.05) is 0 Å². The highest BCUT2D eigenvalue weighted by atomic mass is 16.5. The maximum Gasteiger partial charge on any atom is 0.343 e. The van der Waals surface area contributed by atoms with Crippen LogP contribution in [0.1, 0.15) is 44.9 Å². The number of ether oxygens (including phenoxy) is 1. The smallest absolute Gasteiger partial charge is 0.343 e. The number of aryl methyl sites for hydroxylation is 1. The van der Waals surface area contributed by atoms with Crippen molar-refractivity contribution < 1.29 is 19.1 Å². The maximum atomic E-state index is 12.6. The molecule has 1 aliphatic heterocycles. The van der Waals surface area contributed by atoms with Gasteiger partial charge in [0, 0.05) is 18.1 Å². The molecule has 1 aromatic heterocycles. The molecule has 2 heterocycles. The lowest BCUT2D eigenvalue weighted by molar-refractivity contribution is 0.0523. The molecular weight excluding hydrogens is 300 g/mol. The number of nitrogens with zero attached hydrogens (tertiary/aromatic N) is 1. The molecule has 0 aliphatic carbocycles. The van der Waals surface area contributed by atoms with E-state index in [4.69, 9.17) is 4.74 Å². The van der Waals surface area contributed by atoms with Crippen LogP contribution in [0.2, 0.25) is 0 Å². The van der Waals surface area contributed by atoms with Crippen molar-refractivity contribution in [1.82, 2.24) is 9.88 Å². The molecule has 0 spiro atoms. The molecule has 0 fully saturated rings. The van der Waals surface area contributed by atoms with Crippen LogP contribution in [-0.2, 0) is 11.3 Å². The number of carbonyl (C=O) groups is 3. The van der Waals surface area contributed by atoms with E-state index in [1.54, 1.807) is 11.5 Å². The second kappa shape index (κ2) is 5.35. The zero-order valence-corrected chi connectivity index (χ0v) is 12.6. The van der Waals surface area contributed by atoms with Gasteiger partial charge in [-0.25, -0.2) is 4.79 Å². The summed E-state index contributed by atoms with van der Waals surface area (Å²) in [6, 6.07) is 2.87. The number of fused-ring (bicyclic) bond motifs is 2. The third kappa shape index (κ3) is 2.21. The Hall–Kier alpha value is -2.96. The number of hydrogen-bond acceptors (Lipinski definition) is 5. The third-order valence-electron chi connectivity index (χ3n) is 3.77. The second-order valence-electron chi connectivity index (χ2n) is 5.08. The third-order valence-corrected chi connectivity index (χ3v) is 3.77. The molecule has 23 heavy (non-hydrogen) atoms. The largest absolute Gasteiger partial charge is 0.462 e. The van der Waals surface area contributed by atoms with Crippen LogP contribution in [-0.4, -0.2) is 29.0 Å². The summed E-state index contributed by atoms with van der Waals surface area (Å²) in [5.74, 6) is -1.74. The Labute approximate surface area is 130 Å². The summed E-state index contributed by atoms with van der Waals surface area (Å²) >= 11 is 0. The van der Waals surface area contributed by atoms with Gasteiger partial charge in [-0.15, -0.1) is 0 Å². The zero-order valence-electron chi connectivity index (χ0n) is 12.6. The fourth-order valence-electron chi connectivity index (χ4n) is 2.67. The topological polar surface area (TPSA) is 94.5 Å². The van der Waals surface area contributed by atoms with E-state index in [2.05, 4.69) is 5.32 Å². The van der Waals surface area contributed by atoms with Gasteiger partial charge in [0.2, 0.25) is 5.43 Å². The number of carbonyl (C=O) groups excluding carboxylic acids is 3. The maximum absolute atomic E-state index is 12.6. The number of hydrogen-bond donors (Lipinski definition) is 1. The van der Waals surface area contributed by atoms with E-state index in [0.717, 1.165) is 0 Å². The minimum absolute atomic E-state index is 0.0918. The normalized spacial score (nSPS) is 13.1. The molecule has 0 unspecified atom stereocenters. The van der Waals surface area contributed by atoms with E-state index in [9.17, 15) is 19.2 Å². The minimum atomic E-state index is -0.706. The summed E-state index contributed by atoms with van der Waals surface area (Å²) in [5, 5.41) is 2.40. The standard InChI is InChI=1S/C16H14N2O5/c1-3-18-7-11(16(22)23-4-2)13(19)10-5-8-9(6-12(10)18)15(21)17-14(8)20/h5-7H,3-4H2,1-2H3,(H,17,20,21). The average Bonchev–Trinajstić information content (AvgIpc) is 2.81. The first-order chi connectivity index (χ1) is 11.0. The molecule has 2 aromatic rings. The van der Waals surface area contributed by atoms with Gasteiger partial charge < -0.3 is 9.30 Å². The Morgan fingerprint density at radius 1 is 1.13 bits per heavy atom. The SMILES string of the molecule is CCOC(=O)c1cn(CC)c2cc3c(cc2c1=O)C(=O)NC3=O. The van der Waals surface area contributed by atoms with Crippen molar-refractivity contribution in [2.75, 3.05) is 6.61 Å². The first-order valence-electron chi connectivity index (χ1n) is 7.21. The second-order valence-corrected chi connectivity index (χ2v) is 5.08. The molecule has 0 radical (unpaired) electrons. The van der Waals surface area contributed by atoms with Crippen LogP contribution in [0, 0.1) is 0 Å². The van der Waals surface area contributed by atoms with Gasteiger partial charge in [0.15, 0.2) is 0 Å². The average molecular weight is 314 g/mol. The molecule has 3 rings (SSSR count). The molecule has 7 nitrogen and oxygen atoms in total. The molecule has 0 bridgehead atoms. The van der Waals surface area contributed by atoms with E-state index in [0.29, 0.717) is 12.1 Å². The Kier molecular flexibility index (Phi) is 3.48. The Balaban J connectivity index is 2.36. The minimum Gasteiger partial charge on any atom is -0.462 e. The van der Waals surface area contributed by atoms with E-state index in [-0.39, 0.29) is 28.7 Å². The lowest BCUT2D eigenvalue weighted by Gasteiger charge is -2.12. The summed E-state index contributed by atoms with van der Waals surface area (Å²) < 4.78 is 6.58. The lowest BCUT2D eigenvalue weighted by Crippen LogP contribution is -2.21. The molecule has 1 N–H and O–H groups in total. The van der Waals surface area contributed by atoms with Gasteiger partial charge in [-0.3, -0.25) is 19.7 Å². The number of nitrogens with one attached hydrogen (secondary N) is 1. The number of imide groups is 1. The van der Waals surface area contributed by atoms with Crippen molar-refractivity contribution in [3.05, 3.63) is 45.2 Å². The summed E-state index contributed by atoms with van der Waals surface area (Å²) in [7, 11) is 0. The first kappa shape index (κ1) is 15.0. The number of benzene rings is 1. The van der Waals surface area contributed by atoms with Gasteiger partial charge >= 0.3 is 5.97 Å². The van der Waals surface area contributed by atoms with Gasteiger partial charge in [-0.05, 0) is 26.0 Å². The number of amides is 2. The van der Waals surface area contributed by atoms with Crippen LogP contribution < -0.4 is 10.7 Å². The van der Waals surface area contributed by atoms with Gasteiger partial charge in [0.25, 0.3) is 11.8 Å². The Morgan fingerprint density at radius 2 is 1.78 bits per heavy atom. The monoisotopic (exact) mass is 314 g/mol. The summed E-state index contributed by atoms with van der Waals surface area (Å²) in [4.78, 5) is 48.1. The molecule has 118 valence electrons. The van der Waals surface area contributed by atoms with E-state index >= 15 is 0 Å². The molecule has 0 saturated carbocycles. The van der Waals surface area contributed by atoms with Crippen LogP contribution in [0.4, 0.5) is 0 Å². The summed E-state index contributed by atoms with van der Waals surface area (Å²) in [6.07, 6.45) is 1.42. The van der Waals surface area contributed by atoms with Crippen molar-refractivity contribution >= 4 is 28.7 Å². The molecule has 2 amide bonds.